The summed E-state index contributed by atoms with van der Waals surface area (Å²) in [5.41, 5.74) is 20.6. The molecule has 0 fully saturated rings. The second-order valence-corrected chi connectivity index (χ2v) is 21.4. The van der Waals surface area contributed by atoms with Crippen molar-refractivity contribution in [3.63, 3.8) is 0 Å². The van der Waals surface area contributed by atoms with Crippen molar-refractivity contribution in [1.29, 1.82) is 0 Å². The highest BCUT2D eigenvalue weighted by atomic mass is 16.3. The molecule has 0 saturated heterocycles. The number of benzene rings is 6. The highest BCUT2D eigenvalue weighted by Gasteiger charge is 2.47. The zero-order chi connectivity index (χ0) is 41.4. The SMILES string of the molecule is Cc1ccc(N2B3c4ccc(C(C)(C)C)cc4N(c4cc(C(C)(C)C)cc(C(C)(C)C)c4)c4cc5oc6ccc(C(C)(C)C)cc6c5c(c43)-c3cc(C)ccc32)cc1. The van der Waals surface area contributed by atoms with Crippen LogP contribution in [0.25, 0.3) is 33.1 Å². The van der Waals surface area contributed by atoms with Crippen LogP contribution in [0.1, 0.15) is 116 Å². The van der Waals surface area contributed by atoms with Crippen LogP contribution in [0.3, 0.4) is 0 Å². The molecule has 2 aliphatic rings. The fourth-order valence-corrected chi connectivity index (χ4v) is 9.21. The van der Waals surface area contributed by atoms with Crippen LogP contribution in [-0.2, 0) is 21.7 Å². The van der Waals surface area contributed by atoms with Crippen LogP contribution in [0.4, 0.5) is 28.4 Å². The number of anilines is 5. The van der Waals surface area contributed by atoms with Gasteiger partial charge < -0.3 is 14.1 Å². The minimum absolute atomic E-state index is 0.00811. The summed E-state index contributed by atoms with van der Waals surface area (Å²) < 4.78 is 7.02. The summed E-state index contributed by atoms with van der Waals surface area (Å²) in [6.07, 6.45) is 0. The maximum absolute atomic E-state index is 7.02. The fraction of sp³-hybridized carbons (Fsp3) is 0.333. The van der Waals surface area contributed by atoms with E-state index in [0.717, 1.165) is 11.2 Å². The lowest BCUT2D eigenvalue weighted by molar-refractivity contribution is 0.568. The van der Waals surface area contributed by atoms with Crippen molar-refractivity contribution in [3.05, 3.63) is 137 Å². The Hall–Kier alpha value is -5.22. The predicted octanol–water partition coefficient (Wildman–Crippen LogP) is 14.1. The normalized spacial score (nSPS) is 14.3. The third kappa shape index (κ3) is 6.09. The molecule has 0 radical (unpaired) electrons. The lowest BCUT2D eigenvalue weighted by Gasteiger charge is -2.46. The zero-order valence-electron chi connectivity index (χ0n) is 37.2. The number of hydrogen-bond donors (Lipinski definition) is 0. The third-order valence-corrected chi connectivity index (χ3v) is 12.7. The molecule has 3 nitrogen and oxygen atoms in total. The summed E-state index contributed by atoms with van der Waals surface area (Å²) in [4.78, 5) is 5.21. The molecule has 1 aromatic heterocycles. The van der Waals surface area contributed by atoms with Crippen LogP contribution >= 0.6 is 0 Å². The number of aryl methyl sites for hydroxylation is 2. The topological polar surface area (TPSA) is 19.6 Å². The van der Waals surface area contributed by atoms with E-state index in [0.29, 0.717) is 0 Å². The monoisotopic (exact) mass is 762 g/mol. The molecule has 294 valence electrons. The summed E-state index contributed by atoms with van der Waals surface area (Å²) in [6.45, 7) is 32.2. The third-order valence-electron chi connectivity index (χ3n) is 12.7. The maximum atomic E-state index is 7.02. The Labute approximate surface area is 347 Å². The van der Waals surface area contributed by atoms with E-state index in [9.17, 15) is 0 Å². The highest BCUT2D eigenvalue weighted by Crippen LogP contribution is 2.52. The molecule has 3 heterocycles. The van der Waals surface area contributed by atoms with Gasteiger partial charge in [0.2, 0.25) is 0 Å². The van der Waals surface area contributed by atoms with Crippen LogP contribution in [0.5, 0.6) is 0 Å². The van der Waals surface area contributed by atoms with Gasteiger partial charge in [0.25, 0.3) is 0 Å². The first-order valence-electron chi connectivity index (χ1n) is 21.2. The Morgan fingerprint density at radius 2 is 1.05 bits per heavy atom. The summed E-state index contributed by atoms with van der Waals surface area (Å²) in [6, 6.07) is 40.0. The second kappa shape index (κ2) is 12.6. The van der Waals surface area contributed by atoms with E-state index in [4.69, 9.17) is 4.42 Å². The summed E-state index contributed by atoms with van der Waals surface area (Å²) in [5.74, 6) is 0. The van der Waals surface area contributed by atoms with Gasteiger partial charge >= 0.3 is 6.85 Å². The van der Waals surface area contributed by atoms with Gasteiger partial charge in [-0.2, -0.15) is 0 Å². The molecule has 0 unspecified atom stereocenters. The van der Waals surface area contributed by atoms with Gasteiger partial charge in [0.15, 0.2) is 0 Å². The first-order valence-corrected chi connectivity index (χ1v) is 21.2. The average molecular weight is 763 g/mol. The van der Waals surface area contributed by atoms with Crippen molar-refractivity contribution >= 4 is 68.1 Å². The summed E-state index contributed by atoms with van der Waals surface area (Å²) in [5, 5.41) is 2.38. The fourth-order valence-electron chi connectivity index (χ4n) is 9.21. The molecule has 9 rings (SSSR count). The molecule has 0 aliphatic carbocycles. The Kier molecular flexibility index (Phi) is 8.35. The van der Waals surface area contributed by atoms with Gasteiger partial charge in [0.1, 0.15) is 11.2 Å². The lowest BCUT2D eigenvalue weighted by Crippen LogP contribution is -2.61. The van der Waals surface area contributed by atoms with Crippen molar-refractivity contribution in [2.45, 2.75) is 119 Å². The number of rotatable bonds is 2. The van der Waals surface area contributed by atoms with Gasteiger partial charge in [-0.3, -0.25) is 0 Å². The largest absolute Gasteiger partial charge is 0.456 e. The quantitative estimate of drug-likeness (QED) is 0.164. The molecule has 0 atom stereocenters. The molecular formula is C54H59BN2O. The maximum Gasteiger partial charge on any atom is 0.333 e. The molecule has 0 spiro atoms. The Morgan fingerprint density at radius 1 is 0.466 bits per heavy atom. The van der Waals surface area contributed by atoms with E-state index >= 15 is 0 Å². The molecular weight excluding hydrogens is 703 g/mol. The molecule has 0 bridgehead atoms. The smallest absolute Gasteiger partial charge is 0.333 e. The predicted molar refractivity (Wildman–Crippen MR) is 252 cm³/mol. The summed E-state index contributed by atoms with van der Waals surface area (Å²) in [7, 11) is 0. The first kappa shape index (κ1) is 38.3. The van der Waals surface area contributed by atoms with E-state index in [1.807, 2.05) is 0 Å². The Balaban J connectivity index is 1.49. The Morgan fingerprint density at radius 3 is 1.67 bits per heavy atom. The first-order chi connectivity index (χ1) is 27.1. The zero-order valence-corrected chi connectivity index (χ0v) is 37.2. The highest BCUT2D eigenvalue weighted by molar-refractivity contribution is 6.94. The standard InChI is InChI=1S/C54H59BN2O/c1-32-15-20-38(21-16-32)57-43-23-17-33(2)25-40(43)49-48-41-29-34(51(3,4)5)19-24-46(41)58-47(48)31-45-50(49)55(57)42-22-18-35(52(6,7)8)30-44(42)56(45)39-27-36(53(9,10)11)26-37(28-39)54(12,13)14/h15-31H,1-14H3. The molecule has 2 aliphatic heterocycles. The number of hydrogen-bond acceptors (Lipinski definition) is 3. The number of furan rings is 1. The summed E-state index contributed by atoms with van der Waals surface area (Å²) >= 11 is 0. The molecule has 7 aromatic rings. The lowest BCUT2D eigenvalue weighted by atomic mass is 9.43. The van der Waals surface area contributed by atoms with Gasteiger partial charge in [-0.25, -0.2) is 0 Å². The van der Waals surface area contributed by atoms with E-state index in [2.05, 4.69) is 210 Å². The van der Waals surface area contributed by atoms with Crippen molar-refractivity contribution in [3.8, 4) is 11.1 Å². The van der Waals surface area contributed by atoms with Gasteiger partial charge in [0.05, 0.1) is 0 Å². The molecule has 6 aromatic carbocycles. The van der Waals surface area contributed by atoms with Gasteiger partial charge in [-0.05, 0) is 129 Å². The molecule has 58 heavy (non-hydrogen) atoms. The van der Waals surface area contributed by atoms with E-state index < -0.39 is 0 Å². The molecule has 4 heteroatoms. The van der Waals surface area contributed by atoms with Crippen molar-refractivity contribution < 1.29 is 4.42 Å². The van der Waals surface area contributed by atoms with E-state index in [1.54, 1.807) is 0 Å². The van der Waals surface area contributed by atoms with Crippen LogP contribution in [-0.4, -0.2) is 6.85 Å². The average Bonchev–Trinajstić information content (AvgIpc) is 3.51. The van der Waals surface area contributed by atoms with Crippen LogP contribution in [0.2, 0.25) is 0 Å². The van der Waals surface area contributed by atoms with Crippen LogP contribution in [0, 0.1) is 13.8 Å². The minimum Gasteiger partial charge on any atom is -0.456 e. The van der Waals surface area contributed by atoms with Crippen LogP contribution in [0.15, 0.2) is 108 Å². The van der Waals surface area contributed by atoms with Crippen molar-refractivity contribution in [2.75, 3.05) is 9.71 Å². The van der Waals surface area contributed by atoms with Gasteiger partial charge in [-0.1, -0.05) is 137 Å². The second-order valence-electron chi connectivity index (χ2n) is 21.4. The Bertz CT molecular complexity index is 2760. The molecule has 0 N–H and O–H groups in total. The molecule has 0 saturated carbocycles. The van der Waals surface area contributed by atoms with Crippen molar-refractivity contribution in [1.82, 2.24) is 0 Å². The minimum atomic E-state index is -0.0868. The molecule has 0 amide bonds. The van der Waals surface area contributed by atoms with E-state index in [1.165, 1.54) is 94.6 Å². The number of fused-ring (bicyclic) bond motifs is 8. The van der Waals surface area contributed by atoms with Crippen LogP contribution < -0.4 is 20.6 Å². The van der Waals surface area contributed by atoms with Gasteiger partial charge in [-0.15, -0.1) is 0 Å². The van der Waals surface area contributed by atoms with E-state index in [-0.39, 0.29) is 28.5 Å². The number of nitrogens with zero attached hydrogens (tertiary/aromatic N) is 2. The van der Waals surface area contributed by atoms with Crippen molar-refractivity contribution in [2.24, 2.45) is 0 Å². The van der Waals surface area contributed by atoms with Gasteiger partial charge in [0, 0.05) is 50.8 Å².